The third-order valence-corrected chi connectivity index (χ3v) is 10.9. The molecular formula is C48H85O9P. The average Bonchev–Trinajstić information content (AvgIpc) is 3.19. The van der Waals surface area contributed by atoms with Crippen LogP contribution in [-0.2, 0) is 32.9 Å². The number of esters is 2. The fraction of sp³-hybridized carbons (Fsp3) is 0.771. The largest absolute Gasteiger partial charge is 0.469 e. The number of phosphoric ester groups is 1. The molecule has 0 aromatic carbocycles. The Balaban J connectivity index is 4.00. The Morgan fingerprint density at radius 3 is 1.64 bits per heavy atom. The molecule has 9 nitrogen and oxygen atoms in total. The molecule has 10 heteroatoms. The Hall–Kier alpha value is -2.32. The minimum atomic E-state index is -4.81. The summed E-state index contributed by atoms with van der Waals surface area (Å²) < 4.78 is 26.3. The molecule has 336 valence electrons. The van der Waals surface area contributed by atoms with Gasteiger partial charge in [0.25, 0.3) is 0 Å². The summed E-state index contributed by atoms with van der Waals surface area (Å²) in [5, 5.41) is 0. The van der Waals surface area contributed by atoms with Gasteiger partial charge < -0.3 is 19.3 Å². The first-order valence-electron chi connectivity index (χ1n) is 23.3. The number of carbonyl (C=O) groups excluding carboxylic acids is 3. The van der Waals surface area contributed by atoms with Crippen molar-refractivity contribution in [2.24, 2.45) is 5.92 Å². The van der Waals surface area contributed by atoms with Crippen molar-refractivity contribution in [3.63, 3.8) is 0 Å². The summed E-state index contributed by atoms with van der Waals surface area (Å²) in [4.78, 5) is 55.1. The van der Waals surface area contributed by atoms with Gasteiger partial charge in [0.15, 0.2) is 11.9 Å². The molecule has 1 unspecified atom stereocenters. The zero-order chi connectivity index (χ0) is 42.8. The number of phosphoric acid groups is 1. The molecule has 0 saturated carbocycles. The van der Waals surface area contributed by atoms with E-state index >= 15 is 0 Å². The molecule has 0 aliphatic carbocycles. The van der Waals surface area contributed by atoms with Crippen LogP contribution in [0.4, 0.5) is 0 Å². The maximum atomic E-state index is 12.4. The molecular weight excluding hydrogens is 751 g/mol. The highest BCUT2D eigenvalue weighted by molar-refractivity contribution is 7.46. The Morgan fingerprint density at radius 1 is 0.569 bits per heavy atom. The van der Waals surface area contributed by atoms with E-state index in [1.165, 1.54) is 128 Å². The van der Waals surface area contributed by atoms with Gasteiger partial charge in [0.1, 0.15) is 6.61 Å². The highest BCUT2D eigenvalue weighted by Gasteiger charge is 2.23. The van der Waals surface area contributed by atoms with Crippen molar-refractivity contribution in [2.75, 3.05) is 13.2 Å². The summed E-state index contributed by atoms with van der Waals surface area (Å²) in [6.07, 6.45) is 46.9. The molecule has 0 heterocycles. The van der Waals surface area contributed by atoms with Crippen LogP contribution in [0.1, 0.15) is 213 Å². The normalized spacial score (nSPS) is 13.3. The van der Waals surface area contributed by atoms with Gasteiger partial charge in [0.05, 0.1) is 6.61 Å². The van der Waals surface area contributed by atoms with E-state index in [-0.39, 0.29) is 31.5 Å². The number of allylic oxidation sites excluding steroid dienone is 8. The van der Waals surface area contributed by atoms with E-state index in [1.54, 1.807) is 6.08 Å². The first-order valence-corrected chi connectivity index (χ1v) is 24.8. The standard InChI is InChI=1S/C48H85O9P/c1-4-6-7-8-9-10-11-18-22-25-28-31-34-38-45(49)39-36-41-47(50)55-42-46(43-56-58(52,53)54)57-48(51)40-35-32-29-26-23-20-17-15-13-12-14-16-19-21-24-27-30-33-37-44(3)5-2/h9-10,18,22,28,31,34,38,44,46H,4-8,11-17,19-21,23-27,29-30,32-33,35-37,39-43H2,1-3H3,(H2,52,53,54)/b10-9-,22-18-,31-28-,38-34+/t44?,46-/m1/s1. The van der Waals surface area contributed by atoms with Gasteiger partial charge in [0.2, 0.25) is 0 Å². The zero-order valence-corrected chi connectivity index (χ0v) is 38.0. The summed E-state index contributed by atoms with van der Waals surface area (Å²) in [5.74, 6) is -0.355. The highest BCUT2D eigenvalue weighted by Crippen LogP contribution is 2.36. The molecule has 2 N–H and O–H groups in total. The van der Waals surface area contributed by atoms with Gasteiger partial charge in [-0.15, -0.1) is 0 Å². The Labute approximate surface area is 354 Å². The summed E-state index contributed by atoms with van der Waals surface area (Å²) in [6, 6.07) is 0. The van der Waals surface area contributed by atoms with Crippen molar-refractivity contribution >= 4 is 25.5 Å². The third-order valence-electron chi connectivity index (χ3n) is 10.4. The van der Waals surface area contributed by atoms with Crippen molar-refractivity contribution in [1.82, 2.24) is 0 Å². The van der Waals surface area contributed by atoms with Crippen LogP contribution in [0.25, 0.3) is 0 Å². The Morgan fingerprint density at radius 2 is 1.09 bits per heavy atom. The van der Waals surface area contributed by atoms with Gasteiger partial charge in [0, 0.05) is 19.3 Å². The lowest BCUT2D eigenvalue weighted by atomic mass is 9.99. The molecule has 0 aromatic heterocycles. The van der Waals surface area contributed by atoms with E-state index in [0.717, 1.165) is 44.4 Å². The van der Waals surface area contributed by atoms with E-state index in [0.29, 0.717) is 6.42 Å². The number of hydrogen-bond acceptors (Lipinski definition) is 7. The summed E-state index contributed by atoms with van der Waals surface area (Å²) in [5.41, 5.74) is 0. The molecule has 0 amide bonds. The van der Waals surface area contributed by atoms with Gasteiger partial charge in [-0.1, -0.05) is 198 Å². The first-order chi connectivity index (χ1) is 28.1. The second-order valence-corrected chi connectivity index (χ2v) is 17.3. The zero-order valence-electron chi connectivity index (χ0n) is 37.1. The number of ketones is 1. The first kappa shape index (κ1) is 55.7. The van der Waals surface area contributed by atoms with Crippen molar-refractivity contribution in [3.05, 3.63) is 48.6 Å². The number of rotatable bonds is 42. The van der Waals surface area contributed by atoms with E-state index in [9.17, 15) is 18.9 Å². The van der Waals surface area contributed by atoms with Gasteiger partial charge in [-0.25, -0.2) is 4.57 Å². The molecule has 0 rings (SSSR count). The second-order valence-electron chi connectivity index (χ2n) is 16.0. The fourth-order valence-corrected chi connectivity index (χ4v) is 6.84. The predicted molar refractivity (Wildman–Crippen MR) is 239 cm³/mol. The molecule has 0 aromatic rings. The van der Waals surface area contributed by atoms with Crippen LogP contribution < -0.4 is 0 Å². The SMILES string of the molecule is CCCCC/C=C\C/C=C\C/C=C\C=C\C(=O)CCCC(=O)OC[C@H](COP(=O)(O)O)OC(=O)CCCCCCCCCCCCCCCCCCCCC(C)CC. The second kappa shape index (κ2) is 41.4. The third kappa shape index (κ3) is 43.3. The monoisotopic (exact) mass is 837 g/mol. The van der Waals surface area contributed by atoms with Crippen LogP contribution >= 0.6 is 7.82 Å². The molecule has 0 aliphatic heterocycles. The molecule has 0 aliphatic rings. The molecule has 2 atom stereocenters. The van der Waals surface area contributed by atoms with Gasteiger partial charge in [-0.3, -0.25) is 18.9 Å². The van der Waals surface area contributed by atoms with Crippen molar-refractivity contribution in [3.8, 4) is 0 Å². The highest BCUT2D eigenvalue weighted by atomic mass is 31.2. The van der Waals surface area contributed by atoms with Crippen LogP contribution in [0.2, 0.25) is 0 Å². The minimum Gasteiger partial charge on any atom is -0.462 e. The maximum absolute atomic E-state index is 12.4. The number of ether oxygens (including phenoxy) is 2. The Bertz CT molecular complexity index is 1160. The van der Waals surface area contributed by atoms with Gasteiger partial charge >= 0.3 is 19.8 Å². The topological polar surface area (TPSA) is 136 Å². The lowest BCUT2D eigenvalue weighted by Gasteiger charge is -2.18. The van der Waals surface area contributed by atoms with Crippen molar-refractivity contribution in [1.29, 1.82) is 0 Å². The minimum absolute atomic E-state index is 0.0215. The van der Waals surface area contributed by atoms with Crippen molar-refractivity contribution < 1.29 is 42.7 Å². The molecule has 58 heavy (non-hydrogen) atoms. The quantitative estimate of drug-likeness (QED) is 0.0154. The van der Waals surface area contributed by atoms with Crippen LogP contribution in [0.15, 0.2) is 48.6 Å². The molecule has 0 saturated heterocycles. The maximum Gasteiger partial charge on any atom is 0.469 e. The van der Waals surface area contributed by atoms with E-state index in [4.69, 9.17) is 19.3 Å². The smallest absolute Gasteiger partial charge is 0.462 e. The van der Waals surface area contributed by atoms with Gasteiger partial charge in [-0.05, 0) is 50.5 Å². The Kier molecular flexibility index (Phi) is 39.8. The van der Waals surface area contributed by atoms with Crippen LogP contribution in [0.3, 0.4) is 0 Å². The molecule has 0 bridgehead atoms. The fourth-order valence-electron chi connectivity index (χ4n) is 6.48. The van der Waals surface area contributed by atoms with E-state index < -0.39 is 39.1 Å². The molecule has 0 radical (unpaired) electrons. The van der Waals surface area contributed by atoms with Crippen LogP contribution in [-0.4, -0.2) is 46.8 Å². The van der Waals surface area contributed by atoms with Crippen LogP contribution in [0.5, 0.6) is 0 Å². The van der Waals surface area contributed by atoms with Crippen molar-refractivity contribution in [2.45, 2.75) is 219 Å². The summed E-state index contributed by atoms with van der Waals surface area (Å²) in [6.45, 7) is 5.85. The van der Waals surface area contributed by atoms with Crippen LogP contribution in [0, 0.1) is 5.92 Å². The van der Waals surface area contributed by atoms with E-state index in [1.807, 2.05) is 12.2 Å². The number of unbranched alkanes of at least 4 members (excludes halogenated alkanes) is 20. The average molecular weight is 837 g/mol. The summed E-state index contributed by atoms with van der Waals surface area (Å²) >= 11 is 0. The summed E-state index contributed by atoms with van der Waals surface area (Å²) in [7, 11) is -4.81. The number of hydrogen-bond donors (Lipinski definition) is 2. The van der Waals surface area contributed by atoms with E-state index in [2.05, 4.69) is 49.6 Å². The predicted octanol–water partition coefficient (Wildman–Crippen LogP) is 13.7. The number of carbonyl (C=O) groups is 3. The van der Waals surface area contributed by atoms with Gasteiger partial charge in [-0.2, -0.15) is 0 Å². The lowest BCUT2D eigenvalue weighted by Crippen LogP contribution is -2.29. The molecule has 0 spiro atoms. The molecule has 0 fully saturated rings. The lowest BCUT2D eigenvalue weighted by molar-refractivity contribution is -0.161.